The van der Waals surface area contributed by atoms with Crippen molar-refractivity contribution in [1.29, 1.82) is 0 Å². The van der Waals surface area contributed by atoms with Gasteiger partial charge in [0.15, 0.2) is 0 Å². The maximum absolute atomic E-state index is 12.9. The maximum atomic E-state index is 12.9. The Bertz CT molecular complexity index is 717. The molecule has 2 unspecified atom stereocenters. The summed E-state index contributed by atoms with van der Waals surface area (Å²) < 4.78 is 0. The Kier molecular flexibility index (Phi) is 5.09. The predicted molar refractivity (Wildman–Crippen MR) is 101 cm³/mol. The second-order valence-corrected chi connectivity index (χ2v) is 7.36. The number of pyridine rings is 1. The van der Waals surface area contributed by atoms with Gasteiger partial charge in [-0.2, -0.15) is 0 Å². The molecule has 2 atom stereocenters. The van der Waals surface area contributed by atoms with Gasteiger partial charge in [-0.3, -0.25) is 4.79 Å². The van der Waals surface area contributed by atoms with Crippen molar-refractivity contribution in [3.8, 4) is 0 Å². The number of hydrogen-bond acceptors (Lipinski definition) is 4. The minimum Gasteiger partial charge on any atom is -0.373 e. The van der Waals surface area contributed by atoms with Crippen LogP contribution in [0.15, 0.2) is 47.6 Å². The molecule has 0 aliphatic carbocycles. The van der Waals surface area contributed by atoms with Gasteiger partial charge in [0.1, 0.15) is 6.04 Å². The Labute approximate surface area is 147 Å². The van der Waals surface area contributed by atoms with Crippen LogP contribution in [0.25, 0.3) is 0 Å². The molecule has 5 heteroatoms. The minimum absolute atomic E-state index is 0.0967. The van der Waals surface area contributed by atoms with E-state index in [0.717, 1.165) is 28.6 Å². The molecule has 1 aliphatic heterocycles. The quantitative estimate of drug-likeness (QED) is 0.836. The summed E-state index contributed by atoms with van der Waals surface area (Å²) in [4.78, 5) is 19.3. The summed E-state index contributed by atoms with van der Waals surface area (Å²) in [6.07, 6.45) is 2.71. The Morgan fingerprint density at radius 3 is 2.88 bits per heavy atom. The van der Waals surface area contributed by atoms with E-state index >= 15 is 0 Å². The first-order chi connectivity index (χ1) is 11.6. The molecule has 0 radical (unpaired) electrons. The van der Waals surface area contributed by atoms with E-state index in [4.69, 9.17) is 0 Å². The molecule has 3 rings (SSSR count). The van der Waals surface area contributed by atoms with Gasteiger partial charge in [-0.1, -0.05) is 25.1 Å². The normalized spacial score (nSPS) is 17.5. The summed E-state index contributed by atoms with van der Waals surface area (Å²) in [7, 11) is 0. The van der Waals surface area contributed by atoms with Crippen molar-refractivity contribution < 1.29 is 4.79 Å². The van der Waals surface area contributed by atoms with Crippen LogP contribution in [-0.2, 0) is 11.2 Å². The Morgan fingerprint density at radius 1 is 1.38 bits per heavy atom. The number of amides is 1. The number of fused-ring (bicyclic) bond motifs is 1. The van der Waals surface area contributed by atoms with E-state index in [1.54, 1.807) is 18.0 Å². The van der Waals surface area contributed by atoms with Gasteiger partial charge in [0.2, 0.25) is 5.91 Å². The summed E-state index contributed by atoms with van der Waals surface area (Å²) in [6.45, 7) is 6.11. The van der Waals surface area contributed by atoms with E-state index in [0.29, 0.717) is 0 Å². The van der Waals surface area contributed by atoms with Crippen molar-refractivity contribution in [3.63, 3.8) is 0 Å². The molecule has 24 heavy (non-hydrogen) atoms. The number of nitrogens with one attached hydrogen (secondary N) is 1. The third kappa shape index (κ3) is 3.41. The van der Waals surface area contributed by atoms with Crippen molar-refractivity contribution in [1.82, 2.24) is 4.98 Å². The molecule has 4 nitrogen and oxygen atoms in total. The van der Waals surface area contributed by atoms with Crippen LogP contribution >= 0.6 is 11.8 Å². The summed E-state index contributed by atoms with van der Waals surface area (Å²) in [5.74, 6) is 1.10. The highest BCUT2D eigenvalue weighted by atomic mass is 32.2. The molecule has 0 saturated carbocycles. The SMILES string of the molecule is CCSc1ccc(NC(C)C(=O)N2c3ccccc3CC2C)cn1. The van der Waals surface area contributed by atoms with Crippen molar-refractivity contribution in [2.45, 2.75) is 44.3 Å². The number of rotatable bonds is 5. The highest BCUT2D eigenvalue weighted by Gasteiger charge is 2.32. The van der Waals surface area contributed by atoms with E-state index in [2.05, 4.69) is 30.2 Å². The molecule has 2 aromatic rings. The molecule has 0 fully saturated rings. The van der Waals surface area contributed by atoms with E-state index in [1.807, 2.05) is 42.2 Å². The smallest absolute Gasteiger partial charge is 0.249 e. The third-order valence-electron chi connectivity index (χ3n) is 4.23. The monoisotopic (exact) mass is 341 g/mol. The lowest BCUT2D eigenvalue weighted by atomic mass is 10.1. The molecule has 1 N–H and O–H groups in total. The standard InChI is InChI=1S/C19H23N3OS/c1-4-24-18-10-9-16(12-20-18)21-14(3)19(23)22-13(2)11-15-7-5-6-8-17(15)22/h5-10,12-14,21H,4,11H2,1-3H3. The number of carbonyl (C=O) groups excluding carboxylic acids is 1. The van der Waals surface area contributed by atoms with Crippen LogP contribution in [0, 0.1) is 0 Å². The number of aromatic nitrogens is 1. The van der Waals surface area contributed by atoms with Gasteiger partial charge in [-0.05, 0) is 49.8 Å². The Hall–Kier alpha value is -2.01. The molecule has 0 bridgehead atoms. The largest absolute Gasteiger partial charge is 0.373 e. The van der Waals surface area contributed by atoms with Crippen LogP contribution in [-0.4, -0.2) is 28.7 Å². The second kappa shape index (κ2) is 7.26. The van der Waals surface area contributed by atoms with Crippen molar-refractivity contribution in [3.05, 3.63) is 48.2 Å². The fourth-order valence-corrected chi connectivity index (χ4v) is 3.71. The molecule has 1 aromatic heterocycles. The van der Waals surface area contributed by atoms with Gasteiger partial charge < -0.3 is 10.2 Å². The summed E-state index contributed by atoms with van der Waals surface area (Å²) in [6, 6.07) is 12.0. The first-order valence-corrected chi connectivity index (χ1v) is 9.35. The molecule has 1 aliphatic rings. The van der Waals surface area contributed by atoms with Crippen LogP contribution in [0.5, 0.6) is 0 Å². The number of anilines is 2. The van der Waals surface area contributed by atoms with E-state index in [-0.39, 0.29) is 18.0 Å². The summed E-state index contributed by atoms with van der Waals surface area (Å²) in [5, 5.41) is 4.28. The molecule has 2 heterocycles. The van der Waals surface area contributed by atoms with Gasteiger partial charge in [0.05, 0.1) is 16.9 Å². The zero-order valence-corrected chi connectivity index (χ0v) is 15.1. The molecule has 1 aromatic carbocycles. The van der Waals surface area contributed by atoms with E-state index < -0.39 is 0 Å². The molecular formula is C19H23N3OS. The highest BCUT2D eigenvalue weighted by Crippen LogP contribution is 2.32. The third-order valence-corrected chi connectivity index (χ3v) is 5.05. The first kappa shape index (κ1) is 16.8. The average Bonchev–Trinajstić information content (AvgIpc) is 2.92. The van der Waals surface area contributed by atoms with Gasteiger partial charge >= 0.3 is 0 Å². The number of para-hydroxylation sites is 1. The van der Waals surface area contributed by atoms with Crippen LogP contribution in [0.4, 0.5) is 11.4 Å². The zero-order chi connectivity index (χ0) is 17.1. The van der Waals surface area contributed by atoms with Crippen LogP contribution in [0.2, 0.25) is 0 Å². The summed E-state index contributed by atoms with van der Waals surface area (Å²) in [5.41, 5.74) is 3.15. The van der Waals surface area contributed by atoms with Crippen molar-refractivity contribution >= 4 is 29.0 Å². The van der Waals surface area contributed by atoms with Gasteiger partial charge in [-0.15, -0.1) is 11.8 Å². The highest BCUT2D eigenvalue weighted by molar-refractivity contribution is 7.99. The lowest BCUT2D eigenvalue weighted by Gasteiger charge is -2.27. The van der Waals surface area contributed by atoms with Gasteiger partial charge in [0.25, 0.3) is 0 Å². The summed E-state index contributed by atoms with van der Waals surface area (Å²) >= 11 is 1.71. The number of hydrogen-bond donors (Lipinski definition) is 1. The van der Waals surface area contributed by atoms with Crippen LogP contribution in [0.3, 0.4) is 0 Å². The number of thioether (sulfide) groups is 1. The molecule has 126 valence electrons. The number of benzene rings is 1. The Morgan fingerprint density at radius 2 is 2.17 bits per heavy atom. The van der Waals surface area contributed by atoms with E-state index in [1.165, 1.54) is 5.56 Å². The molecular weight excluding hydrogens is 318 g/mol. The lowest BCUT2D eigenvalue weighted by molar-refractivity contribution is -0.119. The fourth-order valence-electron chi connectivity index (χ4n) is 3.12. The van der Waals surface area contributed by atoms with E-state index in [9.17, 15) is 4.79 Å². The first-order valence-electron chi connectivity index (χ1n) is 8.36. The van der Waals surface area contributed by atoms with Gasteiger partial charge in [-0.25, -0.2) is 4.98 Å². The minimum atomic E-state index is -0.301. The van der Waals surface area contributed by atoms with Crippen molar-refractivity contribution in [2.75, 3.05) is 16.0 Å². The molecule has 0 spiro atoms. The van der Waals surface area contributed by atoms with Crippen LogP contribution < -0.4 is 10.2 Å². The zero-order valence-electron chi connectivity index (χ0n) is 14.3. The van der Waals surface area contributed by atoms with Gasteiger partial charge in [0, 0.05) is 11.7 Å². The lowest BCUT2D eigenvalue weighted by Crippen LogP contribution is -2.44. The Balaban J connectivity index is 1.71. The van der Waals surface area contributed by atoms with Crippen molar-refractivity contribution in [2.24, 2.45) is 0 Å². The predicted octanol–water partition coefficient (Wildman–Crippen LogP) is 3.97. The fraction of sp³-hybridized carbons (Fsp3) is 0.368. The number of carbonyl (C=O) groups is 1. The number of nitrogens with zero attached hydrogens (tertiary/aromatic N) is 2. The topological polar surface area (TPSA) is 45.2 Å². The molecule has 1 amide bonds. The second-order valence-electron chi connectivity index (χ2n) is 6.07. The molecule has 0 saturated heterocycles. The average molecular weight is 341 g/mol. The maximum Gasteiger partial charge on any atom is 0.249 e. The van der Waals surface area contributed by atoms with Crippen LogP contribution in [0.1, 0.15) is 26.3 Å².